The van der Waals surface area contributed by atoms with Crippen molar-refractivity contribution in [1.29, 1.82) is 0 Å². The minimum absolute atomic E-state index is 0.0446. The van der Waals surface area contributed by atoms with Gasteiger partial charge in [0, 0.05) is 23.9 Å². The van der Waals surface area contributed by atoms with Crippen LogP contribution in [0.3, 0.4) is 0 Å². The summed E-state index contributed by atoms with van der Waals surface area (Å²) in [6.07, 6.45) is 1.30. The van der Waals surface area contributed by atoms with Crippen LogP contribution in [-0.4, -0.2) is 34.6 Å². The molecule has 4 nitrogen and oxygen atoms in total. The second-order valence-electron chi connectivity index (χ2n) is 8.13. The first-order chi connectivity index (χ1) is 16.1. The molecule has 2 atom stereocenters. The van der Waals surface area contributed by atoms with Gasteiger partial charge in [-0.05, 0) is 36.6 Å². The molecule has 0 spiro atoms. The van der Waals surface area contributed by atoms with E-state index in [-0.39, 0.29) is 23.6 Å². The lowest BCUT2D eigenvalue weighted by molar-refractivity contribution is -0.139. The van der Waals surface area contributed by atoms with Gasteiger partial charge >= 0.3 is 0 Å². The van der Waals surface area contributed by atoms with Crippen LogP contribution in [0.4, 0.5) is 0 Å². The fourth-order valence-corrected chi connectivity index (χ4v) is 4.33. The average Bonchev–Trinajstić information content (AvgIpc) is 2.86. The van der Waals surface area contributed by atoms with E-state index < -0.39 is 6.04 Å². The van der Waals surface area contributed by atoms with E-state index in [1.54, 1.807) is 4.90 Å². The summed E-state index contributed by atoms with van der Waals surface area (Å²) in [5, 5.41) is 3.11. The number of hydrogen-bond donors (Lipinski definition) is 1. The number of carbonyl (C=O) groups excluding carboxylic acids is 2. The summed E-state index contributed by atoms with van der Waals surface area (Å²) in [4.78, 5) is 29.7. The number of nitrogens with one attached hydrogen (secondary N) is 1. The Kier molecular flexibility index (Phi) is 9.58. The van der Waals surface area contributed by atoms with Gasteiger partial charge in [-0.3, -0.25) is 9.59 Å². The zero-order chi connectivity index (χ0) is 23.5. The number of benzene rings is 3. The minimum atomic E-state index is -0.592. The number of thioether (sulfide) groups is 1. The predicted octanol–water partition coefficient (Wildman–Crippen LogP) is 5.33. The van der Waals surface area contributed by atoms with Gasteiger partial charge in [-0.2, -0.15) is 0 Å². The molecule has 0 aliphatic rings. The van der Waals surface area contributed by atoms with Gasteiger partial charge < -0.3 is 10.2 Å². The molecular weight excluding hydrogens is 428 g/mol. The number of carbonyl (C=O) groups is 2. The normalized spacial score (nSPS) is 12.5. The molecule has 3 rings (SSSR count). The third kappa shape index (κ3) is 7.79. The molecule has 33 heavy (non-hydrogen) atoms. The second-order valence-corrected chi connectivity index (χ2v) is 9.18. The molecule has 3 aromatic rings. The van der Waals surface area contributed by atoms with E-state index in [1.807, 2.05) is 105 Å². The molecule has 0 aromatic heterocycles. The standard InChI is InChI=1S/C28H32N2O2S/c1-3-22(2)29-28(32)26(19-23-13-7-4-8-14-23)30(20-24-15-9-5-10-16-24)27(31)21-33-25-17-11-6-12-18-25/h4-18,22,26H,3,19-21H2,1-2H3,(H,29,32)/t22-,26-/m1/s1. The number of hydrogen-bond acceptors (Lipinski definition) is 3. The maximum absolute atomic E-state index is 13.5. The SMILES string of the molecule is CC[C@@H](C)NC(=O)[C@@H](Cc1ccccc1)N(Cc1ccccc1)C(=O)CSc1ccccc1. The highest BCUT2D eigenvalue weighted by Crippen LogP contribution is 2.21. The van der Waals surface area contributed by atoms with Crippen LogP contribution < -0.4 is 5.32 Å². The molecule has 2 amide bonds. The van der Waals surface area contributed by atoms with E-state index in [4.69, 9.17) is 0 Å². The predicted molar refractivity (Wildman–Crippen MR) is 136 cm³/mol. The summed E-state index contributed by atoms with van der Waals surface area (Å²) < 4.78 is 0. The lowest BCUT2D eigenvalue weighted by Crippen LogP contribution is -2.52. The highest BCUT2D eigenvalue weighted by Gasteiger charge is 2.30. The van der Waals surface area contributed by atoms with E-state index in [2.05, 4.69) is 5.32 Å². The lowest BCUT2D eigenvalue weighted by atomic mass is 10.0. The molecular formula is C28H32N2O2S. The van der Waals surface area contributed by atoms with Crippen LogP contribution in [0.25, 0.3) is 0 Å². The van der Waals surface area contributed by atoms with Crippen LogP contribution in [0.5, 0.6) is 0 Å². The Morgan fingerprint density at radius 3 is 1.97 bits per heavy atom. The Bertz CT molecular complexity index is 996. The Morgan fingerprint density at radius 1 is 0.848 bits per heavy atom. The Labute approximate surface area is 201 Å². The first-order valence-corrected chi connectivity index (χ1v) is 12.4. The summed E-state index contributed by atoms with van der Waals surface area (Å²) in [5.74, 6) is 0.119. The quantitative estimate of drug-likeness (QED) is 0.393. The fraction of sp³-hybridized carbons (Fsp3) is 0.286. The molecule has 0 aliphatic carbocycles. The van der Waals surface area contributed by atoms with Crippen molar-refractivity contribution < 1.29 is 9.59 Å². The number of amides is 2. The maximum atomic E-state index is 13.5. The molecule has 0 fully saturated rings. The summed E-state index contributed by atoms with van der Waals surface area (Å²) in [7, 11) is 0. The van der Waals surface area contributed by atoms with Crippen LogP contribution >= 0.6 is 11.8 Å². The first-order valence-electron chi connectivity index (χ1n) is 11.4. The monoisotopic (exact) mass is 460 g/mol. The Morgan fingerprint density at radius 2 is 1.39 bits per heavy atom. The third-order valence-electron chi connectivity index (χ3n) is 5.57. The lowest BCUT2D eigenvalue weighted by Gasteiger charge is -2.32. The van der Waals surface area contributed by atoms with Gasteiger partial charge in [0.25, 0.3) is 0 Å². The minimum Gasteiger partial charge on any atom is -0.352 e. The van der Waals surface area contributed by atoms with Crippen molar-refractivity contribution in [3.05, 3.63) is 102 Å². The van der Waals surface area contributed by atoms with Crippen molar-refractivity contribution in [1.82, 2.24) is 10.2 Å². The maximum Gasteiger partial charge on any atom is 0.243 e. The Balaban J connectivity index is 1.88. The van der Waals surface area contributed by atoms with Gasteiger partial charge in [-0.15, -0.1) is 11.8 Å². The molecule has 0 heterocycles. The second kappa shape index (κ2) is 12.9. The van der Waals surface area contributed by atoms with E-state index in [0.29, 0.717) is 13.0 Å². The smallest absolute Gasteiger partial charge is 0.243 e. The van der Waals surface area contributed by atoms with Gasteiger partial charge in [-0.25, -0.2) is 0 Å². The van der Waals surface area contributed by atoms with Crippen LogP contribution in [0.1, 0.15) is 31.4 Å². The molecule has 0 saturated carbocycles. The van der Waals surface area contributed by atoms with E-state index >= 15 is 0 Å². The summed E-state index contributed by atoms with van der Waals surface area (Å²) in [6.45, 7) is 4.42. The van der Waals surface area contributed by atoms with Crippen molar-refractivity contribution in [2.45, 2.75) is 50.2 Å². The summed E-state index contributed by atoms with van der Waals surface area (Å²) in [6, 6.07) is 29.1. The van der Waals surface area contributed by atoms with Crippen molar-refractivity contribution >= 4 is 23.6 Å². The highest BCUT2D eigenvalue weighted by molar-refractivity contribution is 8.00. The molecule has 0 aliphatic heterocycles. The average molecular weight is 461 g/mol. The number of rotatable bonds is 11. The van der Waals surface area contributed by atoms with Crippen LogP contribution in [0.15, 0.2) is 95.9 Å². The van der Waals surface area contributed by atoms with Gasteiger partial charge in [0.2, 0.25) is 11.8 Å². The molecule has 0 radical (unpaired) electrons. The number of nitrogens with zero attached hydrogens (tertiary/aromatic N) is 1. The van der Waals surface area contributed by atoms with Gasteiger partial charge in [0.05, 0.1) is 5.75 Å². The van der Waals surface area contributed by atoms with Gasteiger partial charge in [0.15, 0.2) is 0 Å². The molecule has 0 unspecified atom stereocenters. The van der Waals surface area contributed by atoms with Crippen LogP contribution in [0.2, 0.25) is 0 Å². The first kappa shape index (κ1) is 24.6. The van der Waals surface area contributed by atoms with Crippen LogP contribution in [-0.2, 0) is 22.6 Å². The molecule has 0 saturated heterocycles. The van der Waals surface area contributed by atoms with Crippen LogP contribution in [0, 0.1) is 0 Å². The fourth-order valence-electron chi connectivity index (χ4n) is 3.52. The zero-order valence-electron chi connectivity index (χ0n) is 19.3. The van der Waals surface area contributed by atoms with Crippen molar-refractivity contribution in [3.63, 3.8) is 0 Å². The third-order valence-corrected chi connectivity index (χ3v) is 6.57. The van der Waals surface area contributed by atoms with Gasteiger partial charge in [0.1, 0.15) is 6.04 Å². The van der Waals surface area contributed by atoms with Crippen molar-refractivity contribution in [3.8, 4) is 0 Å². The highest BCUT2D eigenvalue weighted by atomic mass is 32.2. The van der Waals surface area contributed by atoms with Crippen molar-refractivity contribution in [2.24, 2.45) is 0 Å². The molecule has 1 N–H and O–H groups in total. The Hall–Kier alpha value is -3.05. The molecule has 0 bridgehead atoms. The molecule has 5 heteroatoms. The zero-order valence-corrected chi connectivity index (χ0v) is 20.1. The molecule has 172 valence electrons. The molecule has 3 aromatic carbocycles. The van der Waals surface area contributed by atoms with E-state index in [9.17, 15) is 9.59 Å². The topological polar surface area (TPSA) is 49.4 Å². The summed E-state index contributed by atoms with van der Waals surface area (Å²) >= 11 is 1.50. The van der Waals surface area contributed by atoms with Gasteiger partial charge in [-0.1, -0.05) is 85.8 Å². The van der Waals surface area contributed by atoms with E-state index in [1.165, 1.54) is 11.8 Å². The largest absolute Gasteiger partial charge is 0.352 e. The van der Waals surface area contributed by atoms with Crippen molar-refractivity contribution in [2.75, 3.05) is 5.75 Å². The van der Waals surface area contributed by atoms with E-state index in [0.717, 1.165) is 22.4 Å². The summed E-state index contributed by atoms with van der Waals surface area (Å²) in [5.41, 5.74) is 2.04.